The zero-order chi connectivity index (χ0) is 23.1. The van der Waals surface area contributed by atoms with Crippen molar-refractivity contribution in [3.05, 3.63) is 86.7 Å². The van der Waals surface area contributed by atoms with E-state index in [1.165, 1.54) is 11.6 Å². The topological polar surface area (TPSA) is 67.4 Å². The second-order valence-corrected chi connectivity index (χ2v) is 8.35. The van der Waals surface area contributed by atoms with Crippen LogP contribution in [0.5, 0.6) is 5.75 Å². The summed E-state index contributed by atoms with van der Waals surface area (Å²) in [4.78, 5) is 26.3. The first-order valence-electron chi connectivity index (χ1n) is 11.2. The van der Waals surface area contributed by atoms with Gasteiger partial charge in [0.25, 0.3) is 5.56 Å². The molecule has 3 heterocycles. The van der Waals surface area contributed by atoms with Gasteiger partial charge in [0, 0.05) is 20.6 Å². The van der Waals surface area contributed by atoms with Crippen molar-refractivity contribution in [3.8, 4) is 17.0 Å². The fraction of sp³-hybridized carbons (Fsp3) is 0.308. The van der Waals surface area contributed by atoms with Gasteiger partial charge in [-0.3, -0.25) is 13.9 Å². The first-order valence-corrected chi connectivity index (χ1v) is 11.2. The molecule has 0 unspecified atom stereocenters. The normalized spacial score (nSPS) is 15.5. The lowest BCUT2D eigenvalue weighted by molar-refractivity contribution is 0.0478. The SMILES string of the molecule is CCCOc1ccc([C@@H]2OCCn3c(-c4ccccc4)c4c(=O)n(C)c(=O)n(C)c4c32)cc1. The number of fused-ring (bicyclic) bond motifs is 3. The van der Waals surface area contributed by atoms with Crippen molar-refractivity contribution in [3.63, 3.8) is 0 Å². The molecule has 33 heavy (non-hydrogen) atoms. The zero-order valence-electron chi connectivity index (χ0n) is 19.1. The minimum atomic E-state index is -0.406. The van der Waals surface area contributed by atoms with E-state index in [0.29, 0.717) is 30.7 Å². The zero-order valence-corrected chi connectivity index (χ0v) is 19.1. The van der Waals surface area contributed by atoms with E-state index >= 15 is 0 Å². The molecule has 1 aliphatic heterocycles. The Balaban J connectivity index is 1.79. The summed E-state index contributed by atoms with van der Waals surface area (Å²) in [6.45, 7) is 3.83. The van der Waals surface area contributed by atoms with Gasteiger partial charge in [0.05, 0.1) is 35.5 Å². The van der Waals surface area contributed by atoms with E-state index in [4.69, 9.17) is 9.47 Å². The lowest BCUT2D eigenvalue weighted by Crippen LogP contribution is -2.37. The molecule has 0 spiro atoms. The molecule has 0 N–H and O–H groups in total. The molecule has 0 fully saturated rings. The molecule has 1 aliphatic rings. The third-order valence-corrected chi connectivity index (χ3v) is 6.26. The maximum Gasteiger partial charge on any atom is 0.331 e. The standard InChI is InChI=1S/C26H27N3O4/c1-4-15-32-19-12-10-18(11-13-19)24-23-22-20(25(30)28(3)26(31)27(22)2)21(29(23)14-16-33-24)17-8-6-5-7-9-17/h5-13,24H,4,14-16H2,1-3H3/t24-/m0/s1. The summed E-state index contributed by atoms with van der Waals surface area (Å²) >= 11 is 0. The van der Waals surface area contributed by atoms with E-state index < -0.39 is 6.10 Å². The third-order valence-electron chi connectivity index (χ3n) is 6.26. The lowest BCUT2D eigenvalue weighted by Gasteiger charge is -2.28. The number of aryl methyl sites for hydroxylation is 1. The molecule has 4 aromatic rings. The Hall–Kier alpha value is -3.58. The molecule has 0 aliphatic carbocycles. The van der Waals surface area contributed by atoms with Crippen molar-refractivity contribution in [1.82, 2.24) is 13.7 Å². The van der Waals surface area contributed by atoms with E-state index in [1.54, 1.807) is 11.6 Å². The Labute approximate surface area is 191 Å². The van der Waals surface area contributed by atoms with Gasteiger partial charge in [0.1, 0.15) is 11.9 Å². The van der Waals surface area contributed by atoms with Gasteiger partial charge < -0.3 is 14.0 Å². The lowest BCUT2D eigenvalue weighted by atomic mass is 10.0. The summed E-state index contributed by atoms with van der Waals surface area (Å²) in [6, 6.07) is 17.7. The van der Waals surface area contributed by atoms with Crippen LogP contribution in [0.25, 0.3) is 22.2 Å². The Morgan fingerprint density at radius 3 is 2.42 bits per heavy atom. The molecule has 0 bridgehead atoms. The Morgan fingerprint density at radius 1 is 1.00 bits per heavy atom. The van der Waals surface area contributed by atoms with Crippen molar-refractivity contribution >= 4 is 10.9 Å². The summed E-state index contributed by atoms with van der Waals surface area (Å²) in [5, 5.41) is 0.541. The van der Waals surface area contributed by atoms with Crippen molar-refractivity contribution in [1.29, 1.82) is 0 Å². The minimum absolute atomic E-state index is 0.295. The van der Waals surface area contributed by atoms with Gasteiger partial charge in [-0.15, -0.1) is 0 Å². The van der Waals surface area contributed by atoms with Crippen LogP contribution in [-0.2, 0) is 25.4 Å². The van der Waals surface area contributed by atoms with Crippen LogP contribution in [-0.4, -0.2) is 26.9 Å². The van der Waals surface area contributed by atoms with Crippen LogP contribution in [0.3, 0.4) is 0 Å². The van der Waals surface area contributed by atoms with Crippen LogP contribution in [0.15, 0.2) is 64.2 Å². The number of aromatic nitrogens is 3. The van der Waals surface area contributed by atoms with Crippen LogP contribution in [0.2, 0.25) is 0 Å². The summed E-state index contributed by atoms with van der Waals surface area (Å²) in [5.41, 5.74) is 3.52. The van der Waals surface area contributed by atoms with Gasteiger partial charge in [-0.1, -0.05) is 49.4 Å². The summed E-state index contributed by atoms with van der Waals surface area (Å²) in [5.74, 6) is 0.808. The van der Waals surface area contributed by atoms with Gasteiger partial charge in [-0.2, -0.15) is 0 Å². The van der Waals surface area contributed by atoms with Crippen LogP contribution in [0.1, 0.15) is 30.7 Å². The highest BCUT2D eigenvalue weighted by atomic mass is 16.5. The predicted octanol–water partition coefficient (Wildman–Crippen LogP) is 3.61. The third kappa shape index (κ3) is 3.40. The van der Waals surface area contributed by atoms with E-state index in [2.05, 4.69) is 11.5 Å². The fourth-order valence-electron chi connectivity index (χ4n) is 4.69. The molecule has 0 radical (unpaired) electrons. The highest BCUT2D eigenvalue weighted by Crippen LogP contribution is 2.40. The Kier molecular flexibility index (Phi) is 5.42. The highest BCUT2D eigenvalue weighted by Gasteiger charge is 2.33. The Bertz CT molecular complexity index is 1430. The van der Waals surface area contributed by atoms with Crippen molar-refractivity contribution < 1.29 is 9.47 Å². The Morgan fingerprint density at radius 2 is 1.73 bits per heavy atom. The van der Waals surface area contributed by atoms with E-state index in [-0.39, 0.29) is 11.2 Å². The van der Waals surface area contributed by atoms with E-state index in [1.807, 2.05) is 54.6 Å². The number of ether oxygens (including phenoxy) is 2. The second-order valence-electron chi connectivity index (χ2n) is 8.35. The predicted molar refractivity (Wildman–Crippen MR) is 128 cm³/mol. The summed E-state index contributed by atoms with van der Waals surface area (Å²) in [6.07, 6.45) is 0.537. The molecule has 0 saturated carbocycles. The molecule has 2 aromatic carbocycles. The quantitative estimate of drug-likeness (QED) is 0.471. The second kappa shape index (κ2) is 8.41. The van der Waals surface area contributed by atoms with E-state index in [9.17, 15) is 9.59 Å². The molecule has 7 heteroatoms. The molecule has 170 valence electrons. The molecule has 2 aromatic heterocycles. The van der Waals surface area contributed by atoms with Crippen LogP contribution < -0.4 is 16.0 Å². The molecule has 1 atom stereocenters. The molecule has 0 saturated heterocycles. The van der Waals surface area contributed by atoms with Gasteiger partial charge in [0.2, 0.25) is 0 Å². The largest absolute Gasteiger partial charge is 0.494 e. The number of benzene rings is 2. The van der Waals surface area contributed by atoms with Crippen molar-refractivity contribution in [2.75, 3.05) is 13.2 Å². The van der Waals surface area contributed by atoms with Gasteiger partial charge in [-0.25, -0.2) is 4.79 Å². The molecular weight excluding hydrogens is 418 g/mol. The smallest absolute Gasteiger partial charge is 0.331 e. The molecular formula is C26H27N3O4. The number of nitrogens with zero attached hydrogens (tertiary/aromatic N) is 3. The van der Waals surface area contributed by atoms with Crippen molar-refractivity contribution in [2.45, 2.75) is 26.0 Å². The van der Waals surface area contributed by atoms with Crippen LogP contribution >= 0.6 is 0 Å². The number of rotatable bonds is 5. The fourth-order valence-corrected chi connectivity index (χ4v) is 4.69. The van der Waals surface area contributed by atoms with Crippen LogP contribution in [0.4, 0.5) is 0 Å². The number of hydrogen-bond acceptors (Lipinski definition) is 4. The minimum Gasteiger partial charge on any atom is -0.494 e. The molecule has 5 rings (SSSR count). The number of hydrogen-bond donors (Lipinski definition) is 0. The summed E-state index contributed by atoms with van der Waals surface area (Å²) < 4.78 is 16.9. The van der Waals surface area contributed by atoms with Crippen molar-refractivity contribution in [2.24, 2.45) is 14.1 Å². The maximum atomic E-state index is 13.4. The monoisotopic (exact) mass is 445 g/mol. The maximum absolute atomic E-state index is 13.4. The van der Waals surface area contributed by atoms with Gasteiger partial charge in [0.15, 0.2) is 0 Å². The molecule has 7 nitrogen and oxygen atoms in total. The average molecular weight is 446 g/mol. The van der Waals surface area contributed by atoms with Gasteiger partial charge in [-0.05, 0) is 29.7 Å². The van der Waals surface area contributed by atoms with Gasteiger partial charge >= 0.3 is 5.69 Å². The first kappa shape index (κ1) is 21.3. The summed E-state index contributed by atoms with van der Waals surface area (Å²) in [7, 11) is 3.24. The molecule has 0 amide bonds. The highest BCUT2D eigenvalue weighted by molar-refractivity contribution is 5.96. The van der Waals surface area contributed by atoms with Crippen LogP contribution in [0, 0.1) is 0 Å². The van der Waals surface area contributed by atoms with E-state index in [0.717, 1.165) is 34.7 Å². The first-order chi connectivity index (χ1) is 16.0. The average Bonchev–Trinajstić information content (AvgIpc) is 3.21.